The Balaban J connectivity index is 2.67. The summed E-state index contributed by atoms with van der Waals surface area (Å²) >= 11 is 0. The Morgan fingerprint density at radius 2 is 2.06 bits per heavy atom. The molecule has 0 saturated carbocycles. The van der Waals surface area contributed by atoms with E-state index in [0.29, 0.717) is 0 Å². The Bertz CT molecular complexity index is 351. The minimum Gasteiger partial charge on any atom is -0.489 e. The third kappa shape index (κ3) is 3.81. The zero-order chi connectivity index (χ0) is 12.0. The van der Waals surface area contributed by atoms with Crippen LogP contribution in [-0.4, -0.2) is 25.6 Å². The predicted octanol–water partition coefficient (Wildman–Crippen LogP) is 1.63. The summed E-state index contributed by atoms with van der Waals surface area (Å²) in [5.41, 5.74) is 0.833. The zero-order valence-corrected chi connectivity index (χ0v) is 9.91. The van der Waals surface area contributed by atoms with Crippen molar-refractivity contribution in [1.29, 1.82) is 0 Å². The van der Waals surface area contributed by atoms with Crippen molar-refractivity contribution >= 4 is 11.6 Å². The number of amides is 1. The number of ether oxygens (including phenoxy) is 1. The summed E-state index contributed by atoms with van der Waals surface area (Å²) in [5.74, 6) is 0.709. The normalized spacial score (nSPS) is 10.0. The van der Waals surface area contributed by atoms with Gasteiger partial charge < -0.3 is 15.4 Å². The molecule has 1 rings (SSSR count). The topological polar surface area (TPSA) is 50.4 Å². The highest BCUT2D eigenvalue weighted by Gasteiger charge is 2.05. The molecule has 1 amide bonds. The van der Waals surface area contributed by atoms with Gasteiger partial charge in [0.1, 0.15) is 5.75 Å². The van der Waals surface area contributed by atoms with Gasteiger partial charge in [-0.2, -0.15) is 0 Å². The number of hydrogen-bond acceptors (Lipinski definition) is 3. The number of para-hydroxylation sites is 2. The minimum atomic E-state index is -0.0562. The van der Waals surface area contributed by atoms with Gasteiger partial charge in [0, 0.05) is 7.05 Å². The highest BCUT2D eigenvalue weighted by Crippen LogP contribution is 2.24. The molecule has 0 unspecified atom stereocenters. The van der Waals surface area contributed by atoms with E-state index in [1.54, 1.807) is 7.05 Å². The monoisotopic (exact) mass is 222 g/mol. The first-order chi connectivity index (χ1) is 7.63. The summed E-state index contributed by atoms with van der Waals surface area (Å²) in [4.78, 5) is 11.1. The Morgan fingerprint density at radius 1 is 1.38 bits per heavy atom. The highest BCUT2D eigenvalue weighted by molar-refractivity contribution is 5.80. The largest absolute Gasteiger partial charge is 0.489 e. The van der Waals surface area contributed by atoms with Crippen molar-refractivity contribution in [2.75, 3.05) is 18.9 Å². The molecular weight excluding hydrogens is 204 g/mol. The summed E-state index contributed by atoms with van der Waals surface area (Å²) in [6.07, 6.45) is 0.114. The van der Waals surface area contributed by atoms with Gasteiger partial charge in [-0.15, -0.1) is 0 Å². The molecule has 0 bridgehead atoms. The van der Waals surface area contributed by atoms with Crippen molar-refractivity contribution < 1.29 is 9.53 Å². The van der Waals surface area contributed by atoms with Gasteiger partial charge in [-0.3, -0.25) is 4.79 Å². The summed E-state index contributed by atoms with van der Waals surface area (Å²) < 4.78 is 5.62. The van der Waals surface area contributed by atoms with Crippen LogP contribution in [0.1, 0.15) is 13.8 Å². The number of likely N-dealkylation sites (N-methyl/N-ethyl adjacent to an activating group) is 1. The van der Waals surface area contributed by atoms with Crippen molar-refractivity contribution in [3.05, 3.63) is 24.3 Å². The summed E-state index contributed by atoms with van der Waals surface area (Å²) in [5, 5.41) is 5.59. The highest BCUT2D eigenvalue weighted by atomic mass is 16.5. The molecule has 0 aliphatic rings. The van der Waals surface area contributed by atoms with E-state index in [0.717, 1.165) is 11.4 Å². The Labute approximate surface area is 96.0 Å². The first-order valence-electron chi connectivity index (χ1n) is 5.33. The Morgan fingerprint density at radius 3 is 2.69 bits per heavy atom. The summed E-state index contributed by atoms with van der Waals surface area (Å²) in [7, 11) is 1.61. The zero-order valence-electron chi connectivity index (χ0n) is 9.91. The van der Waals surface area contributed by atoms with Crippen LogP contribution in [-0.2, 0) is 4.79 Å². The van der Waals surface area contributed by atoms with Gasteiger partial charge in [0.2, 0.25) is 5.91 Å². The third-order valence-electron chi connectivity index (χ3n) is 1.97. The van der Waals surface area contributed by atoms with E-state index < -0.39 is 0 Å². The quantitative estimate of drug-likeness (QED) is 0.796. The first kappa shape index (κ1) is 12.4. The average Bonchev–Trinajstić information content (AvgIpc) is 2.26. The number of anilines is 1. The van der Waals surface area contributed by atoms with E-state index in [-0.39, 0.29) is 18.6 Å². The number of carbonyl (C=O) groups excluding carboxylic acids is 1. The molecule has 0 aliphatic heterocycles. The SMILES string of the molecule is CNC(=O)CNc1ccccc1OC(C)C. The lowest BCUT2D eigenvalue weighted by atomic mass is 10.3. The van der Waals surface area contributed by atoms with E-state index in [1.807, 2.05) is 38.1 Å². The van der Waals surface area contributed by atoms with E-state index in [2.05, 4.69) is 10.6 Å². The van der Waals surface area contributed by atoms with E-state index in [9.17, 15) is 4.79 Å². The van der Waals surface area contributed by atoms with Crippen LogP contribution < -0.4 is 15.4 Å². The number of rotatable bonds is 5. The lowest BCUT2D eigenvalue weighted by Crippen LogP contribution is -2.26. The van der Waals surface area contributed by atoms with E-state index in [1.165, 1.54) is 0 Å². The lowest BCUT2D eigenvalue weighted by Gasteiger charge is -2.14. The molecular formula is C12H18N2O2. The van der Waals surface area contributed by atoms with Crippen molar-refractivity contribution in [2.45, 2.75) is 20.0 Å². The third-order valence-corrected chi connectivity index (χ3v) is 1.97. The maximum absolute atomic E-state index is 11.1. The summed E-state index contributed by atoms with van der Waals surface area (Å²) in [6.45, 7) is 4.18. The average molecular weight is 222 g/mol. The molecule has 0 aliphatic carbocycles. The molecule has 0 spiro atoms. The van der Waals surface area contributed by atoms with Crippen molar-refractivity contribution in [3.8, 4) is 5.75 Å². The number of nitrogens with one attached hydrogen (secondary N) is 2. The molecule has 0 aromatic heterocycles. The standard InChI is InChI=1S/C12H18N2O2/c1-9(2)16-11-7-5-4-6-10(11)14-8-12(15)13-3/h4-7,9,14H,8H2,1-3H3,(H,13,15). The molecule has 0 atom stereocenters. The fourth-order valence-corrected chi connectivity index (χ4v) is 1.23. The van der Waals surface area contributed by atoms with Gasteiger partial charge in [0.05, 0.1) is 18.3 Å². The fourth-order valence-electron chi connectivity index (χ4n) is 1.23. The van der Waals surface area contributed by atoms with Gasteiger partial charge in [-0.25, -0.2) is 0 Å². The fraction of sp³-hybridized carbons (Fsp3) is 0.417. The smallest absolute Gasteiger partial charge is 0.239 e. The number of benzene rings is 1. The van der Waals surface area contributed by atoms with E-state index in [4.69, 9.17) is 4.74 Å². The van der Waals surface area contributed by atoms with Gasteiger partial charge in [-0.1, -0.05) is 12.1 Å². The lowest BCUT2D eigenvalue weighted by molar-refractivity contribution is -0.118. The number of hydrogen-bond donors (Lipinski definition) is 2. The van der Waals surface area contributed by atoms with Crippen LogP contribution in [0.5, 0.6) is 5.75 Å². The molecule has 4 heteroatoms. The second-order valence-corrected chi connectivity index (χ2v) is 3.69. The van der Waals surface area contributed by atoms with Crippen molar-refractivity contribution in [2.24, 2.45) is 0 Å². The van der Waals surface area contributed by atoms with Crippen LogP contribution in [0, 0.1) is 0 Å². The predicted molar refractivity (Wildman–Crippen MR) is 64.8 cm³/mol. The van der Waals surface area contributed by atoms with Crippen LogP contribution in [0.4, 0.5) is 5.69 Å². The molecule has 0 heterocycles. The van der Waals surface area contributed by atoms with Crippen LogP contribution in [0.25, 0.3) is 0 Å². The molecule has 0 saturated heterocycles. The van der Waals surface area contributed by atoms with Crippen molar-refractivity contribution in [3.63, 3.8) is 0 Å². The first-order valence-corrected chi connectivity index (χ1v) is 5.33. The molecule has 2 N–H and O–H groups in total. The second-order valence-electron chi connectivity index (χ2n) is 3.69. The van der Waals surface area contributed by atoms with Crippen LogP contribution in [0.15, 0.2) is 24.3 Å². The van der Waals surface area contributed by atoms with Crippen LogP contribution in [0.3, 0.4) is 0 Å². The molecule has 88 valence electrons. The van der Waals surface area contributed by atoms with Gasteiger partial charge in [-0.05, 0) is 26.0 Å². The molecule has 16 heavy (non-hydrogen) atoms. The second kappa shape index (κ2) is 6.00. The molecule has 1 aromatic carbocycles. The van der Waals surface area contributed by atoms with Crippen LogP contribution >= 0.6 is 0 Å². The van der Waals surface area contributed by atoms with E-state index >= 15 is 0 Å². The van der Waals surface area contributed by atoms with Gasteiger partial charge in [0.25, 0.3) is 0 Å². The molecule has 0 fully saturated rings. The Hall–Kier alpha value is -1.71. The molecule has 4 nitrogen and oxygen atoms in total. The molecule has 1 aromatic rings. The number of carbonyl (C=O) groups is 1. The maximum Gasteiger partial charge on any atom is 0.239 e. The van der Waals surface area contributed by atoms with Crippen molar-refractivity contribution in [1.82, 2.24) is 5.32 Å². The van der Waals surface area contributed by atoms with Gasteiger partial charge in [0.15, 0.2) is 0 Å². The minimum absolute atomic E-state index is 0.0562. The van der Waals surface area contributed by atoms with Crippen LogP contribution in [0.2, 0.25) is 0 Å². The maximum atomic E-state index is 11.1. The summed E-state index contributed by atoms with van der Waals surface area (Å²) in [6, 6.07) is 7.58. The molecule has 0 radical (unpaired) electrons. The Kier molecular flexibility index (Phi) is 4.64. The van der Waals surface area contributed by atoms with Gasteiger partial charge >= 0.3 is 0 Å².